The average molecular weight is 428 g/mol. The zero-order valence-electron chi connectivity index (χ0n) is 17.0. The Kier molecular flexibility index (Phi) is 4.49. The van der Waals surface area contributed by atoms with Crippen molar-refractivity contribution in [1.29, 1.82) is 0 Å². The summed E-state index contributed by atoms with van der Waals surface area (Å²) < 4.78 is 50.2. The van der Waals surface area contributed by atoms with Crippen LogP contribution < -0.4 is 4.74 Å². The van der Waals surface area contributed by atoms with Crippen molar-refractivity contribution in [2.75, 3.05) is 6.54 Å². The third-order valence-electron chi connectivity index (χ3n) is 5.62. The zero-order chi connectivity index (χ0) is 21.9. The van der Waals surface area contributed by atoms with Crippen LogP contribution in [0.15, 0.2) is 24.3 Å². The average Bonchev–Trinajstić information content (AvgIpc) is 3.43. The molecule has 160 valence electrons. The first kappa shape index (κ1) is 19.6. The first-order valence-corrected chi connectivity index (χ1v) is 9.99. The minimum absolute atomic E-state index is 0.00887. The highest BCUT2D eigenvalue weighted by Gasteiger charge is 2.36. The number of fused-ring (bicyclic) bond motifs is 1. The number of carbonyl (C=O) groups excluding carboxylic acids is 1. The van der Waals surface area contributed by atoms with Crippen molar-refractivity contribution in [1.82, 2.24) is 19.4 Å². The molecular weight excluding hydrogens is 409 g/mol. The van der Waals surface area contributed by atoms with E-state index in [1.165, 1.54) is 25.1 Å². The Labute approximate surface area is 176 Å². The first-order valence-electron chi connectivity index (χ1n) is 9.99. The van der Waals surface area contributed by atoms with Gasteiger partial charge in [0.25, 0.3) is 5.91 Å². The van der Waals surface area contributed by atoms with Crippen LogP contribution in [0, 0.1) is 37.2 Å². The van der Waals surface area contributed by atoms with E-state index in [0.717, 1.165) is 18.9 Å². The fourth-order valence-corrected chi connectivity index (χ4v) is 3.83. The number of benzene rings is 1. The summed E-state index contributed by atoms with van der Waals surface area (Å²) in [6, 6.07) is 5.05. The van der Waals surface area contributed by atoms with Gasteiger partial charge in [-0.15, -0.1) is 0 Å². The number of ether oxygens (including phenoxy) is 1. The van der Waals surface area contributed by atoms with Crippen LogP contribution in [0.25, 0.3) is 11.3 Å². The lowest BCUT2D eigenvalue weighted by atomic mass is 10.1. The molecule has 9 heteroatoms. The highest BCUT2D eigenvalue weighted by Crippen LogP contribution is 2.37. The fourth-order valence-electron chi connectivity index (χ4n) is 3.83. The van der Waals surface area contributed by atoms with Crippen LogP contribution in [0.2, 0.25) is 0 Å². The molecule has 1 aliphatic carbocycles. The molecule has 0 bridgehead atoms. The molecule has 1 fully saturated rings. The Balaban J connectivity index is 1.48. The van der Waals surface area contributed by atoms with Gasteiger partial charge < -0.3 is 14.2 Å². The SMILES string of the molecule is Cc1nc(Oc2ccc(-c3c(C)nc4n3CN(CC3CC3)C4=O)c(F)c2F)ccc1F. The lowest BCUT2D eigenvalue weighted by molar-refractivity contribution is 0.0758. The largest absolute Gasteiger partial charge is 0.436 e. The molecule has 1 aromatic carbocycles. The van der Waals surface area contributed by atoms with Gasteiger partial charge in [0.1, 0.15) is 5.82 Å². The lowest BCUT2D eigenvalue weighted by Gasteiger charge is -2.16. The van der Waals surface area contributed by atoms with Gasteiger partial charge in [-0.25, -0.2) is 18.7 Å². The molecule has 0 N–H and O–H groups in total. The summed E-state index contributed by atoms with van der Waals surface area (Å²) in [7, 11) is 0. The number of carbonyl (C=O) groups is 1. The second kappa shape index (κ2) is 7.11. The molecule has 2 aromatic heterocycles. The van der Waals surface area contributed by atoms with Crippen molar-refractivity contribution in [3.8, 4) is 22.9 Å². The minimum Gasteiger partial charge on any atom is -0.436 e. The van der Waals surface area contributed by atoms with E-state index in [4.69, 9.17) is 4.74 Å². The molecule has 1 aliphatic heterocycles. The van der Waals surface area contributed by atoms with Crippen LogP contribution in [-0.2, 0) is 6.67 Å². The number of amides is 1. The maximum absolute atomic E-state index is 15.1. The summed E-state index contributed by atoms with van der Waals surface area (Å²) >= 11 is 0. The van der Waals surface area contributed by atoms with E-state index >= 15 is 4.39 Å². The van der Waals surface area contributed by atoms with Gasteiger partial charge >= 0.3 is 0 Å². The molecule has 31 heavy (non-hydrogen) atoms. The maximum atomic E-state index is 15.1. The number of imidazole rings is 1. The summed E-state index contributed by atoms with van der Waals surface area (Å²) in [6.45, 7) is 4.01. The van der Waals surface area contributed by atoms with E-state index in [-0.39, 0.29) is 41.3 Å². The molecule has 0 atom stereocenters. The number of rotatable bonds is 5. The number of hydrogen-bond acceptors (Lipinski definition) is 4. The van der Waals surface area contributed by atoms with Crippen LogP contribution in [0.4, 0.5) is 13.2 Å². The summed E-state index contributed by atoms with van der Waals surface area (Å²) in [4.78, 5) is 22.5. The van der Waals surface area contributed by atoms with Crippen LogP contribution in [0.1, 0.15) is 34.8 Å². The van der Waals surface area contributed by atoms with Crippen LogP contribution in [-0.4, -0.2) is 31.9 Å². The molecule has 3 heterocycles. The molecular formula is C22H19F3N4O2. The third-order valence-corrected chi connectivity index (χ3v) is 5.62. The Bertz CT molecular complexity index is 1220. The van der Waals surface area contributed by atoms with Gasteiger partial charge in [0.05, 0.1) is 23.8 Å². The highest BCUT2D eigenvalue weighted by molar-refractivity contribution is 5.94. The minimum atomic E-state index is -1.20. The lowest BCUT2D eigenvalue weighted by Crippen LogP contribution is -2.27. The highest BCUT2D eigenvalue weighted by atomic mass is 19.2. The Morgan fingerprint density at radius 2 is 1.81 bits per heavy atom. The Morgan fingerprint density at radius 3 is 2.52 bits per heavy atom. The first-order chi connectivity index (χ1) is 14.8. The zero-order valence-corrected chi connectivity index (χ0v) is 17.0. The number of pyridine rings is 1. The molecule has 0 saturated heterocycles. The second-order valence-electron chi connectivity index (χ2n) is 7.97. The Hall–Kier alpha value is -3.36. The van der Waals surface area contributed by atoms with Crippen LogP contribution in [0.5, 0.6) is 11.6 Å². The molecule has 0 spiro atoms. The number of halogens is 3. The summed E-state index contributed by atoms with van der Waals surface area (Å²) in [6.07, 6.45) is 2.20. The maximum Gasteiger partial charge on any atom is 0.291 e. The van der Waals surface area contributed by atoms with Gasteiger partial charge in [0.15, 0.2) is 11.6 Å². The summed E-state index contributed by atoms with van der Waals surface area (Å²) in [5.41, 5.74) is 0.879. The van der Waals surface area contributed by atoms with Gasteiger partial charge in [-0.3, -0.25) is 4.79 Å². The molecule has 0 radical (unpaired) electrons. The van der Waals surface area contributed by atoms with Crippen molar-refractivity contribution in [2.45, 2.75) is 33.4 Å². The second-order valence-corrected chi connectivity index (χ2v) is 7.97. The van der Waals surface area contributed by atoms with Crippen molar-refractivity contribution in [3.63, 3.8) is 0 Å². The van der Waals surface area contributed by atoms with Gasteiger partial charge in [-0.05, 0) is 50.8 Å². The van der Waals surface area contributed by atoms with E-state index in [0.29, 0.717) is 23.9 Å². The smallest absolute Gasteiger partial charge is 0.291 e. The normalized spacial score (nSPS) is 15.5. The van der Waals surface area contributed by atoms with Crippen LogP contribution in [0.3, 0.4) is 0 Å². The predicted octanol–water partition coefficient (Wildman–Crippen LogP) is 4.59. The standard InChI is InChI=1S/C22H19F3N4O2/c1-11-15(23)6-8-17(26-11)31-16-7-5-14(18(24)19(16)25)20-12(2)27-21-22(30)28(10-29(20)21)9-13-3-4-13/h5-8,13H,3-4,9-10H2,1-2H3. The van der Waals surface area contributed by atoms with Crippen molar-refractivity contribution in [2.24, 2.45) is 5.92 Å². The molecule has 1 saturated carbocycles. The van der Waals surface area contributed by atoms with E-state index in [9.17, 15) is 13.6 Å². The topological polar surface area (TPSA) is 60.3 Å². The number of hydrogen-bond donors (Lipinski definition) is 0. The van der Waals surface area contributed by atoms with Gasteiger partial charge in [0.2, 0.25) is 17.5 Å². The molecule has 0 unspecified atom stereocenters. The Morgan fingerprint density at radius 1 is 1.03 bits per heavy atom. The van der Waals surface area contributed by atoms with E-state index in [1.807, 2.05) is 0 Å². The number of nitrogens with zero attached hydrogens (tertiary/aromatic N) is 4. The predicted molar refractivity (Wildman–Crippen MR) is 105 cm³/mol. The van der Waals surface area contributed by atoms with Crippen molar-refractivity contribution >= 4 is 5.91 Å². The molecule has 5 rings (SSSR count). The fraction of sp³-hybridized carbons (Fsp3) is 0.318. The quantitative estimate of drug-likeness (QED) is 0.596. The van der Waals surface area contributed by atoms with E-state index < -0.39 is 17.5 Å². The number of aryl methyl sites for hydroxylation is 2. The third kappa shape index (κ3) is 3.34. The number of aromatic nitrogens is 3. The van der Waals surface area contributed by atoms with E-state index in [2.05, 4.69) is 9.97 Å². The molecule has 2 aliphatic rings. The van der Waals surface area contributed by atoms with Gasteiger partial charge in [-0.2, -0.15) is 4.39 Å². The summed E-state index contributed by atoms with van der Waals surface area (Å²) in [5, 5.41) is 0. The van der Waals surface area contributed by atoms with Gasteiger partial charge in [-0.1, -0.05) is 0 Å². The molecule has 6 nitrogen and oxygen atoms in total. The van der Waals surface area contributed by atoms with E-state index in [1.54, 1.807) is 16.4 Å². The molecule has 1 amide bonds. The van der Waals surface area contributed by atoms with Crippen LogP contribution >= 0.6 is 0 Å². The molecule has 3 aromatic rings. The summed E-state index contributed by atoms with van der Waals surface area (Å²) in [5.74, 6) is -2.71. The monoisotopic (exact) mass is 428 g/mol. The van der Waals surface area contributed by atoms with Gasteiger partial charge in [0, 0.05) is 18.2 Å². The van der Waals surface area contributed by atoms with Crippen molar-refractivity contribution < 1.29 is 22.7 Å². The van der Waals surface area contributed by atoms with Crippen molar-refractivity contribution in [3.05, 3.63) is 58.9 Å².